The van der Waals surface area contributed by atoms with Gasteiger partial charge < -0.3 is 0 Å². The average molecular weight is 306 g/mol. The first-order valence-electron chi connectivity index (χ1n) is 6.23. The van der Waals surface area contributed by atoms with Crippen molar-refractivity contribution in [2.75, 3.05) is 5.06 Å². The fraction of sp³-hybridized carbons (Fsp3) is 0.133. The van der Waals surface area contributed by atoms with Crippen LogP contribution >= 0.6 is 23.4 Å². The van der Waals surface area contributed by atoms with E-state index in [1.165, 1.54) is 5.06 Å². The van der Waals surface area contributed by atoms with E-state index < -0.39 is 0 Å². The fourth-order valence-corrected chi connectivity index (χ4v) is 3.48. The van der Waals surface area contributed by atoms with Gasteiger partial charge in [0, 0.05) is 16.2 Å². The smallest absolute Gasteiger partial charge is 0.221 e. The number of carbonyl (C=O) groups excluding carboxylic acids is 1. The quantitative estimate of drug-likeness (QED) is 0.855. The Morgan fingerprint density at radius 1 is 1.15 bits per heavy atom. The number of anilines is 2. The van der Waals surface area contributed by atoms with Gasteiger partial charge in [-0.2, -0.15) is 0 Å². The molecule has 0 amide bonds. The van der Waals surface area contributed by atoms with E-state index in [2.05, 4.69) is 0 Å². The van der Waals surface area contributed by atoms with Crippen molar-refractivity contribution in [3.8, 4) is 0 Å². The second kappa shape index (κ2) is 5.48. The van der Waals surface area contributed by atoms with Crippen LogP contribution in [-0.4, -0.2) is 10.4 Å². The molecule has 0 saturated carbocycles. The van der Waals surface area contributed by atoms with Crippen molar-refractivity contribution >= 4 is 40.0 Å². The lowest BCUT2D eigenvalue weighted by atomic mass is 10.1. The molecule has 0 aromatic heterocycles. The van der Waals surface area contributed by atoms with Crippen LogP contribution in [0.1, 0.15) is 12.0 Å². The molecule has 102 valence electrons. The molecule has 0 bridgehead atoms. The summed E-state index contributed by atoms with van der Waals surface area (Å²) in [6, 6.07) is 13.5. The van der Waals surface area contributed by atoms with Gasteiger partial charge in [-0.15, -0.1) is 0 Å². The van der Waals surface area contributed by atoms with Gasteiger partial charge in [-0.1, -0.05) is 36.0 Å². The van der Waals surface area contributed by atoms with Crippen LogP contribution in [0.2, 0.25) is 0 Å². The van der Waals surface area contributed by atoms with E-state index in [9.17, 15) is 10.0 Å². The molecule has 0 aliphatic carbocycles. The lowest BCUT2D eigenvalue weighted by Gasteiger charge is -2.29. The summed E-state index contributed by atoms with van der Waals surface area (Å²) in [5, 5.41) is 11.3. The van der Waals surface area contributed by atoms with E-state index in [-0.39, 0.29) is 11.7 Å². The van der Waals surface area contributed by atoms with E-state index in [1.54, 1.807) is 11.8 Å². The third-order valence-corrected chi connectivity index (χ3v) is 4.50. The van der Waals surface area contributed by atoms with Gasteiger partial charge in [0.05, 0.1) is 11.4 Å². The molecule has 0 radical (unpaired) electrons. The van der Waals surface area contributed by atoms with Gasteiger partial charge in [-0.25, -0.2) is 5.06 Å². The van der Waals surface area contributed by atoms with Gasteiger partial charge in [0.1, 0.15) is 0 Å². The molecule has 0 spiro atoms. The summed E-state index contributed by atoms with van der Waals surface area (Å²) < 4.78 is 0. The van der Waals surface area contributed by atoms with Crippen molar-refractivity contribution in [3.63, 3.8) is 0 Å². The van der Waals surface area contributed by atoms with Crippen molar-refractivity contribution in [2.24, 2.45) is 0 Å². The van der Waals surface area contributed by atoms with E-state index in [4.69, 9.17) is 11.6 Å². The van der Waals surface area contributed by atoms with Gasteiger partial charge in [0.15, 0.2) is 0 Å². The van der Waals surface area contributed by atoms with Crippen LogP contribution in [0.5, 0.6) is 0 Å². The summed E-state index contributed by atoms with van der Waals surface area (Å²) >= 11 is 7.02. The lowest BCUT2D eigenvalue weighted by molar-refractivity contribution is -0.111. The Labute approximate surface area is 126 Å². The number of hydrogen-bond acceptors (Lipinski definition) is 4. The zero-order valence-electron chi connectivity index (χ0n) is 10.5. The standard InChI is InChI=1S/C15H12ClNO2S/c16-14(18)9-8-10-4-3-7-13-15(10)17(19)11-5-1-2-6-12(11)20-13/h1-7,19H,8-9H2. The predicted molar refractivity (Wildman–Crippen MR) is 80.1 cm³/mol. The second-order valence-electron chi connectivity index (χ2n) is 4.50. The maximum atomic E-state index is 10.9. The summed E-state index contributed by atoms with van der Waals surface area (Å²) in [5.41, 5.74) is 2.42. The molecule has 3 nitrogen and oxygen atoms in total. The Hall–Kier alpha value is -1.49. The molecule has 1 N–H and O–H groups in total. The Morgan fingerprint density at radius 3 is 2.70 bits per heavy atom. The molecule has 2 aromatic rings. The minimum Gasteiger partial charge on any atom is -0.283 e. The number of halogens is 1. The third kappa shape index (κ3) is 2.42. The van der Waals surface area contributed by atoms with Crippen molar-refractivity contribution in [1.29, 1.82) is 0 Å². The van der Waals surface area contributed by atoms with Crippen LogP contribution in [0.4, 0.5) is 11.4 Å². The molecular weight excluding hydrogens is 294 g/mol. The minimum absolute atomic E-state index is 0.262. The van der Waals surface area contributed by atoms with Crippen LogP contribution in [0.25, 0.3) is 0 Å². The molecule has 0 atom stereocenters. The van der Waals surface area contributed by atoms with Crippen LogP contribution in [-0.2, 0) is 11.2 Å². The Bertz CT molecular complexity index is 675. The molecule has 5 heteroatoms. The number of aryl methyl sites for hydroxylation is 1. The first-order chi connectivity index (χ1) is 9.66. The van der Waals surface area contributed by atoms with E-state index >= 15 is 0 Å². The van der Waals surface area contributed by atoms with E-state index in [1.807, 2.05) is 42.5 Å². The predicted octanol–water partition coefficient (Wildman–Crippen LogP) is 4.38. The molecule has 0 unspecified atom stereocenters. The SMILES string of the molecule is O=C(Cl)CCc1cccc2c1N(O)c1ccccc1S2. The summed E-state index contributed by atoms with van der Waals surface area (Å²) in [6.45, 7) is 0. The fourth-order valence-electron chi connectivity index (χ4n) is 2.28. The average Bonchev–Trinajstić information content (AvgIpc) is 2.45. The number of carbonyl (C=O) groups is 1. The van der Waals surface area contributed by atoms with Crippen LogP contribution < -0.4 is 5.06 Å². The summed E-state index contributed by atoms with van der Waals surface area (Å²) in [6.07, 6.45) is 0.781. The monoisotopic (exact) mass is 305 g/mol. The highest BCUT2D eigenvalue weighted by Gasteiger charge is 2.24. The van der Waals surface area contributed by atoms with Crippen molar-refractivity contribution in [2.45, 2.75) is 22.6 Å². The van der Waals surface area contributed by atoms with Gasteiger partial charge in [-0.05, 0) is 41.8 Å². The molecule has 1 aliphatic heterocycles. The number of fused-ring (bicyclic) bond motifs is 2. The van der Waals surface area contributed by atoms with Gasteiger partial charge in [0.2, 0.25) is 5.24 Å². The summed E-state index contributed by atoms with van der Waals surface area (Å²) in [4.78, 5) is 12.9. The zero-order chi connectivity index (χ0) is 14.1. The molecule has 20 heavy (non-hydrogen) atoms. The van der Waals surface area contributed by atoms with Crippen molar-refractivity contribution in [3.05, 3.63) is 48.0 Å². The molecule has 1 aliphatic rings. The highest BCUT2D eigenvalue weighted by Crippen LogP contribution is 2.48. The minimum atomic E-state index is -0.365. The first kappa shape index (κ1) is 13.5. The number of rotatable bonds is 3. The number of hydrogen-bond donors (Lipinski definition) is 1. The topological polar surface area (TPSA) is 40.5 Å². The van der Waals surface area contributed by atoms with E-state index in [0.717, 1.165) is 26.7 Å². The number of para-hydroxylation sites is 2. The second-order valence-corrected chi connectivity index (χ2v) is 6.01. The van der Waals surface area contributed by atoms with Gasteiger partial charge in [-0.3, -0.25) is 10.0 Å². The summed E-state index contributed by atoms with van der Waals surface area (Å²) in [5.74, 6) is 0. The van der Waals surface area contributed by atoms with Gasteiger partial charge in [0.25, 0.3) is 0 Å². The Morgan fingerprint density at radius 2 is 1.90 bits per heavy atom. The molecule has 1 heterocycles. The molecule has 2 aromatic carbocycles. The van der Waals surface area contributed by atoms with Crippen molar-refractivity contribution < 1.29 is 10.0 Å². The number of benzene rings is 2. The Kier molecular flexibility index (Phi) is 3.70. The maximum absolute atomic E-state index is 10.9. The number of nitrogens with zero attached hydrogens (tertiary/aromatic N) is 1. The molecular formula is C15H12ClNO2S. The van der Waals surface area contributed by atoms with Gasteiger partial charge >= 0.3 is 0 Å². The molecule has 0 fully saturated rings. The van der Waals surface area contributed by atoms with Crippen LogP contribution in [0, 0.1) is 0 Å². The normalized spacial score (nSPS) is 12.8. The molecule has 0 saturated heterocycles. The largest absolute Gasteiger partial charge is 0.283 e. The third-order valence-electron chi connectivity index (χ3n) is 3.20. The molecule has 3 rings (SSSR count). The first-order valence-corrected chi connectivity index (χ1v) is 7.42. The van der Waals surface area contributed by atoms with Crippen LogP contribution in [0.3, 0.4) is 0 Å². The highest BCUT2D eigenvalue weighted by molar-refractivity contribution is 7.99. The Balaban J connectivity index is 2.02. The lowest BCUT2D eigenvalue weighted by Crippen LogP contribution is -2.17. The van der Waals surface area contributed by atoms with Crippen molar-refractivity contribution in [1.82, 2.24) is 0 Å². The zero-order valence-corrected chi connectivity index (χ0v) is 12.1. The highest BCUT2D eigenvalue weighted by atomic mass is 35.5. The van der Waals surface area contributed by atoms with Crippen LogP contribution in [0.15, 0.2) is 52.3 Å². The maximum Gasteiger partial charge on any atom is 0.221 e. The van der Waals surface area contributed by atoms with E-state index in [0.29, 0.717) is 6.42 Å². The summed E-state index contributed by atoms with van der Waals surface area (Å²) in [7, 11) is 0.